The third kappa shape index (κ3) is 3.83. The summed E-state index contributed by atoms with van der Waals surface area (Å²) >= 11 is 5.97. The molecule has 1 unspecified atom stereocenters. The Morgan fingerprint density at radius 1 is 1.11 bits per heavy atom. The second-order valence-corrected chi connectivity index (χ2v) is 7.30. The predicted molar refractivity (Wildman–Crippen MR) is 107 cm³/mol. The highest BCUT2D eigenvalue weighted by atomic mass is 35.5. The Morgan fingerprint density at radius 2 is 1.96 bits per heavy atom. The minimum atomic E-state index is -0.231. The van der Waals surface area contributed by atoms with Crippen LogP contribution in [0.5, 0.6) is 0 Å². The van der Waals surface area contributed by atoms with Gasteiger partial charge in [-0.25, -0.2) is 0 Å². The smallest absolute Gasteiger partial charge is 0.270 e. The molecule has 6 heteroatoms. The highest BCUT2D eigenvalue weighted by Crippen LogP contribution is 2.23. The zero-order valence-corrected chi connectivity index (χ0v) is 15.5. The van der Waals surface area contributed by atoms with Crippen molar-refractivity contribution in [1.29, 1.82) is 0 Å². The van der Waals surface area contributed by atoms with Crippen LogP contribution in [0.3, 0.4) is 0 Å². The molecule has 4 rings (SSSR count). The van der Waals surface area contributed by atoms with Crippen molar-refractivity contribution in [2.75, 3.05) is 18.4 Å². The van der Waals surface area contributed by atoms with Gasteiger partial charge in [0.25, 0.3) is 5.91 Å². The number of para-hydroxylation sites is 1. The van der Waals surface area contributed by atoms with Crippen LogP contribution in [-0.2, 0) is 4.79 Å². The minimum absolute atomic E-state index is 0.0635. The summed E-state index contributed by atoms with van der Waals surface area (Å²) in [6.07, 6.45) is 1.57. The molecule has 1 atom stereocenters. The van der Waals surface area contributed by atoms with Gasteiger partial charge in [0.05, 0.1) is 5.92 Å². The largest absolute Gasteiger partial charge is 0.351 e. The quantitative estimate of drug-likeness (QED) is 0.709. The number of nitrogens with one attached hydrogen (secondary N) is 2. The number of aromatic amines is 1. The maximum atomic E-state index is 12.9. The zero-order chi connectivity index (χ0) is 18.8. The Kier molecular flexibility index (Phi) is 4.86. The van der Waals surface area contributed by atoms with E-state index in [4.69, 9.17) is 11.6 Å². The van der Waals surface area contributed by atoms with E-state index in [1.165, 1.54) is 0 Å². The second kappa shape index (κ2) is 7.45. The number of benzene rings is 2. The van der Waals surface area contributed by atoms with Crippen molar-refractivity contribution in [2.24, 2.45) is 5.92 Å². The number of nitrogens with zero attached hydrogens (tertiary/aromatic N) is 1. The number of H-pyrrole nitrogens is 1. The lowest BCUT2D eigenvalue weighted by atomic mass is 9.96. The van der Waals surface area contributed by atoms with E-state index in [2.05, 4.69) is 10.3 Å². The van der Waals surface area contributed by atoms with E-state index in [-0.39, 0.29) is 17.7 Å². The van der Waals surface area contributed by atoms with Crippen molar-refractivity contribution in [3.63, 3.8) is 0 Å². The molecule has 0 saturated carbocycles. The zero-order valence-electron chi connectivity index (χ0n) is 14.7. The molecule has 0 radical (unpaired) electrons. The van der Waals surface area contributed by atoms with Gasteiger partial charge in [0, 0.05) is 34.7 Å². The summed E-state index contributed by atoms with van der Waals surface area (Å²) in [7, 11) is 0. The van der Waals surface area contributed by atoms with E-state index in [1.54, 1.807) is 29.2 Å². The number of carbonyl (C=O) groups excluding carboxylic acids is 2. The number of anilines is 1. The fourth-order valence-corrected chi connectivity index (χ4v) is 3.74. The van der Waals surface area contributed by atoms with Gasteiger partial charge < -0.3 is 15.2 Å². The van der Waals surface area contributed by atoms with Crippen molar-refractivity contribution in [1.82, 2.24) is 9.88 Å². The fraction of sp³-hybridized carbons (Fsp3) is 0.238. The van der Waals surface area contributed by atoms with Gasteiger partial charge >= 0.3 is 0 Å². The van der Waals surface area contributed by atoms with Gasteiger partial charge in [0.1, 0.15) is 5.69 Å². The van der Waals surface area contributed by atoms with Crippen LogP contribution in [0.2, 0.25) is 5.02 Å². The van der Waals surface area contributed by atoms with Crippen LogP contribution in [0, 0.1) is 5.92 Å². The molecule has 1 fully saturated rings. The summed E-state index contributed by atoms with van der Waals surface area (Å²) < 4.78 is 0. The molecule has 3 aromatic rings. The molecule has 2 heterocycles. The van der Waals surface area contributed by atoms with Crippen LogP contribution >= 0.6 is 11.6 Å². The van der Waals surface area contributed by atoms with E-state index >= 15 is 0 Å². The molecule has 1 aromatic heterocycles. The molecule has 27 heavy (non-hydrogen) atoms. The Hall–Kier alpha value is -2.79. The molecule has 1 aliphatic heterocycles. The normalized spacial score (nSPS) is 17.1. The van der Waals surface area contributed by atoms with Crippen molar-refractivity contribution >= 4 is 40.0 Å². The fourth-order valence-electron chi connectivity index (χ4n) is 3.55. The first-order valence-corrected chi connectivity index (χ1v) is 9.41. The highest BCUT2D eigenvalue weighted by Gasteiger charge is 2.29. The molecule has 138 valence electrons. The number of rotatable bonds is 3. The monoisotopic (exact) mass is 381 g/mol. The molecular weight excluding hydrogens is 362 g/mol. The number of piperidine rings is 1. The first kappa shape index (κ1) is 17.6. The van der Waals surface area contributed by atoms with Crippen molar-refractivity contribution in [3.05, 3.63) is 65.3 Å². The van der Waals surface area contributed by atoms with E-state index in [0.717, 1.165) is 23.7 Å². The summed E-state index contributed by atoms with van der Waals surface area (Å²) in [6, 6.07) is 16.8. The van der Waals surface area contributed by atoms with Crippen LogP contribution < -0.4 is 5.32 Å². The molecule has 2 aromatic carbocycles. The number of fused-ring (bicyclic) bond motifs is 1. The topological polar surface area (TPSA) is 65.2 Å². The molecule has 5 nitrogen and oxygen atoms in total. The molecule has 2 N–H and O–H groups in total. The van der Waals surface area contributed by atoms with E-state index in [0.29, 0.717) is 29.5 Å². The number of halogens is 1. The molecule has 0 bridgehead atoms. The van der Waals surface area contributed by atoms with E-state index < -0.39 is 0 Å². The highest BCUT2D eigenvalue weighted by molar-refractivity contribution is 6.30. The average molecular weight is 382 g/mol. The summed E-state index contributed by atoms with van der Waals surface area (Å²) in [5, 5.41) is 4.49. The molecular formula is C21H20ClN3O2. The minimum Gasteiger partial charge on any atom is -0.351 e. The lowest BCUT2D eigenvalue weighted by molar-refractivity contribution is -0.121. The number of likely N-dealkylation sites (tertiary alicyclic amines) is 1. The van der Waals surface area contributed by atoms with Crippen molar-refractivity contribution in [3.8, 4) is 0 Å². The van der Waals surface area contributed by atoms with Crippen LogP contribution in [0.15, 0.2) is 54.6 Å². The summed E-state index contributed by atoms with van der Waals surface area (Å²) in [5.74, 6) is -0.371. The standard InChI is InChI=1S/C21H20ClN3O2/c22-16-7-3-8-17(12-16)23-20(26)15-6-4-10-25(13-15)21(27)19-11-14-5-1-2-9-18(14)24-19/h1-3,5,7-9,11-12,15,24H,4,6,10,13H2,(H,23,26). The lowest BCUT2D eigenvalue weighted by Gasteiger charge is -2.31. The first-order valence-electron chi connectivity index (χ1n) is 9.03. The third-order valence-corrected chi connectivity index (χ3v) is 5.17. The number of hydrogen-bond donors (Lipinski definition) is 2. The van der Waals surface area contributed by atoms with Crippen molar-refractivity contribution in [2.45, 2.75) is 12.8 Å². The molecule has 0 spiro atoms. The number of hydrogen-bond acceptors (Lipinski definition) is 2. The molecule has 2 amide bonds. The van der Waals surface area contributed by atoms with Gasteiger partial charge in [0.15, 0.2) is 0 Å². The van der Waals surface area contributed by atoms with Crippen LogP contribution in [-0.4, -0.2) is 34.8 Å². The maximum Gasteiger partial charge on any atom is 0.270 e. The lowest BCUT2D eigenvalue weighted by Crippen LogP contribution is -2.43. The summed E-state index contributed by atoms with van der Waals surface area (Å²) in [4.78, 5) is 30.4. The first-order chi connectivity index (χ1) is 13.1. The average Bonchev–Trinajstić information content (AvgIpc) is 3.12. The molecule has 0 aliphatic carbocycles. The Labute approximate surface area is 162 Å². The van der Waals surface area contributed by atoms with Crippen LogP contribution in [0.25, 0.3) is 10.9 Å². The van der Waals surface area contributed by atoms with Gasteiger partial charge in [-0.05, 0) is 43.2 Å². The number of amides is 2. The maximum absolute atomic E-state index is 12.9. The van der Waals surface area contributed by atoms with Gasteiger partial charge in [-0.2, -0.15) is 0 Å². The Bertz CT molecular complexity index is 965. The number of aromatic nitrogens is 1. The molecule has 1 aliphatic rings. The SMILES string of the molecule is O=C(Nc1cccc(Cl)c1)C1CCCN(C(=O)c2cc3ccccc3[nH]2)C1. The third-order valence-electron chi connectivity index (χ3n) is 4.93. The van der Waals surface area contributed by atoms with Gasteiger partial charge in [-0.15, -0.1) is 0 Å². The van der Waals surface area contributed by atoms with Crippen LogP contribution in [0.4, 0.5) is 5.69 Å². The van der Waals surface area contributed by atoms with Gasteiger partial charge in [-0.3, -0.25) is 9.59 Å². The predicted octanol–water partition coefficient (Wildman–Crippen LogP) is 4.31. The van der Waals surface area contributed by atoms with E-state index in [1.807, 2.05) is 30.3 Å². The summed E-state index contributed by atoms with van der Waals surface area (Å²) in [5.41, 5.74) is 2.17. The van der Waals surface area contributed by atoms with Gasteiger partial charge in [-0.1, -0.05) is 35.9 Å². The van der Waals surface area contributed by atoms with E-state index in [9.17, 15) is 9.59 Å². The van der Waals surface area contributed by atoms with Gasteiger partial charge in [0.2, 0.25) is 5.91 Å². The molecule has 1 saturated heterocycles. The van der Waals surface area contributed by atoms with Crippen LogP contribution in [0.1, 0.15) is 23.3 Å². The van der Waals surface area contributed by atoms with Crippen molar-refractivity contribution < 1.29 is 9.59 Å². The summed E-state index contributed by atoms with van der Waals surface area (Å²) in [6.45, 7) is 1.08. The number of carbonyl (C=O) groups is 2. The Morgan fingerprint density at radius 3 is 2.78 bits per heavy atom. The second-order valence-electron chi connectivity index (χ2n) is 6.86. The Balaban J connectivity index is 1.45.